The van der Waals surface area contributed by atoms with Crippen LogP contribution in [0, 0.1) is 5.92 Å². The molecule has 1 saturated carbocycles. The summed E-state index contributed by atoms with van der Waals surface area (Å²) in [6.07, 6.45) is 8.22. The van der Waals surface area contributed by atoms with E-state index in [1.165, 1.54) is 0 Å². The lowest BCUT2D eigenvalue weighted by Gasteiger charge is -2.37. The summed E-state index contributed by atoms with van der Waals surface area (Å²) < 4.78 is 5.34. The van der Waals surface area contributed by atoms with Crippen molar-refractivity contribution in [2.24, 2.45) is 5.92 Å². The maximum atomic E-state index is 12.8. The minimum Gasteiger partial charge on any atom is -0.353 e. The van der Waals surface area contributed by atoms with Crippen molar-refractivity contribution in [3.8, 4) is 11.4 Å². The number of rotatable bonds is 8. The Morgan fingerprint density at radius 2 is 1.86 bits per heavy atom. The Labute approximate surface area is 172 Å². The van der Waals surface area contributed by atoms with Crippen LogP contribution in [-0.4, -0.2) is 52.1 Å². The van der Waals surface area contributed by atoms with E-state index in [4.69, 9.17) is 4.52 Å². The topological polar surface area (TPSA) is 75.4 Å². The van der Waals surface area contributed by atoms with E-state index in [0.717, 1.165) is 82.0 Å². The van der Waals surface area contributed by atoms with Crippen molar-refractivity contribution in [2.45, 2.75) is 58.3 Å². The molecule has 0 atom stereocenters. The molecule has 3 heterocycles. The molecule has 1 aliphatic carbocycles. The van der Waals surface area contributed by atoms with E-state index < -0.39 is 0 Å². The molecule has 156 valence electrons. The minimum absolute atomic E-state index is 0.185. The SMILES string of the molecule is CCCC(CCC)C(=O)N1CCN(c2ccc(-c3noc(C4CC4)n3)cn2)CC1. The number of carbonyl (C=O) groups excluding carboxylic acids is 1. The largest absolute Gasteiger partial charge is 0.353 e. The number of hydrogen-bond donors (Lipinski definition) is 0. The van der Waals surface area contributed by atoms with Gasteiger partial charge in [-0.2, -0.15) is 4.98 Å². The number of piperazine rings is 1. The van der Waals surface area contributed by atoms with Crippen molar-refractivity contribution in [2.75, 3.05) is 31.1 Å². The highest BCUT2D eigenvalue weighted by atomic mass is 16.5. The van der Waals surface area contributed by atoms with E-state index in [-0.39, 0.29) is 5.92 Å². The lowest BCUT2D eigenvalue weighted by atomic mass is 9.96. The minimum atomic E-state index is 0.185. The molecule has 0 bridgehead atoms. The quantitative estimate of drug-likeness (QED) is 0.673. The molecule has 0 unspecified atom stereocenters. The molecule has 4 rings (SSSR count). The molecule has 2 aliphatic rings. The zero-order chi connectivity index (χ0) is 20.2. The van der Waals surface area contributed by atoms with Gasteiger partial charge in [-0.1, -0.05) is 31.8 Å². The van der Waals surface area contributed by atoms with E-state index in [1.54, 1.807) is 0 Å². The van der Waals surface area contributed by atoms with E-state index in [2.05, 4.69) is 33.9 Å². The second kappa shape index (κ2) is 8.93. The molecular weight excluding hydrogens is 366 g/mol. The first-order valence-corrected chi connectivity index (χ1v) is 11.0. The third-order valence-corrected chi connectivity index (χ3v) is 5.91. The number of carbonyl (C=O) groups is 1. The second-order valence-corrected chi connectivity index (χ2v) is 8.22. The van der Waals surface area contributed by atoms with Crippen LogP contribution in [0.4, 0.5) is 5.82 Å². The Morgan fingerprint density at radius 1 is 1.14 bits per heavy atom. The second-order valence-electron chi connectivity index (χ2n) is 8.22. The van der Waals surface area contributed by atoms with Gasteiger partial charge in [0.05, 0.1) is 0 Å². The van der Waals surface area contributed by atoms with Crippen molar-refractivity contribution in [3.05, 3.63) is 24.2 Å². The molecule has 1 saturated heterocycles. The van der Waals surface area contributed by atoms with Crippen molar-refractivity contribution in [3.63, 3.8) is 0 Å². The molecule has 7 nitrogen and oxygen atoms in total. The third kappa shape index (κ3) is 4.60. The van der Waals surface area contributed by atoms with Gasteiger partial charge in [0.25, 0.3) is 0 Å². The van der Waals surface area contributed by atoms with Crippen LogP contribution in [0.25, 0.3) is 11.4 Å². The highest BCUT2D eigenvalue weighted by Crippen LogP contribution is 2.39. The number of aromatic nitrogens is 3. The molecule has 2 aromatic heterocycles. The van der Waals surface area contributed by atoms with Crippen LogP contribution in [0.15, 0.2) is 22.9 Å². The van der Waals surface area contributed by atoms with Gasteiger partial charge in [0.1, 0.15) is 5.82 Å². The number of pyridine rings is 1. The molecule has 7 heteroatoms. The Hall–Kier alpha value is -2.44. The van der Waals surface area contributed by atoms with Crippen LogP contribution < -0.4 is 4.90 Å². The molecule has 1 aliphatic heterocycles. The molecule has 2 fully saturated rings. The van der Waals surface area contributed by atoms with Crippen LogP contribution in [-0.2, 0) is 4.79 Å². The average Bonchev–Trinajstić information content (AvgIpc) is 3.50. The highest BCUT2D eigenvalue weighted by Gasteiger charge is 2.30. The van der Waals surface area contributed by atoms with Crippen LogP contribution in [0.2, 0.25) is 0 Å². The van der Waals surface area contributed by atoms with E-state index >= 15 is 0 Å². The Bertz CT molecular complexity index is 801. The first-order valence-electron chi connectivity index (χ1n) is 11.0. The van der Waals surface area contributed by atoms with Gasteiger partial charge in [-0.3, -0.25) is 4.79 Å². The molecular formula is C22H31N5O2. The fourth-order valence-electron chi connectivity index (χ4n) is 4.06. The van der Waals surface area contributed by atoms with Gasteiger partial charge in [-0.15, -0.1) is 0 Å². The molecule has 29 heavy (non-hydrogen) atoms. The zero-order valence-corrected chi connectivity index (χ0v) is 17.5. The predicted octanol–water partition coefficient (Wildman–Crippen LogP) is 3.87. The van der Waals surface area contributed by atoms with Crippen LogP contribution in [0.3, 0.4) is 0 Å². The summed E-state index contributed by atoms with van der Waals surface area (Å²) in [5.41, 5.74) is 0.875. The Balaban J connectivity index is 1.34. The summed E-state index contributed by atoms with van der Waals surface area (Å²) >= 11 is 0. The lowest BCUT2D eigenvalue weighted by molar-refractivity contribution is -0.136. The number of hydrogen-bond acceptors (Lipinski definition) is 6. The smallest absolute Gasteiger partial charge is 0.230 e. The third-order valence-electron chi connectivity index (χ3n) is 5.91. The summed E-state index contributed by atoms with van der Waals surface area (Å²) in [7, 11) is 0. The normalized spacial score (nSPS) is 17.2. The summed E-state index contributed by atoms with van der Waals surface area (Å²) in [4.78, 5) is 26.2. The maximum Gasteiger partial charge on any atom is 0.230 e. The molecule has 1 amide bonds. The Kier molecular flexibility index (Phi) is 6.11. The van der Waals surface area contributed by atoms with Gasteiger partial charge < -0.3 is 14.3 Å². The van der Waals surface area contributed by atoms with Crippen molar-refractivity contribution in [1.82, 2.24) is 20.0 Å². The first-order chi connectivity index (χ1) is 14.2. The summed E-state index contributed by atoms with van der Waals surface area (Å²) in [6, 6.07) is 4.01. The standard InChI is InChI=1S/C22H31N5O2/c1-3-5-17(6-4-2)22(28)27-13-11-26(12-14-27)19-10-9-18(15-23-19)20-24-21(29-25-20)16-7-8-16/h9-10,15-17H,3-8,11-14H2,1-2H3. The molecule has 0 N–H and O–H groups in total. The fraction of sp³-hybridized carbons (Fsp3) is 0.636. The summed E-state index contributed by atoms with van der Waals surface area (Å²) in [5, 5.41) is 4.08. The van der Waals surface area contributed by atoms with Gasteiger partial charge in [-0.25, -0.2) is 4.98 Å². The molecule has 0 aromatic carbocycles. The average molecular weight is 398 g/mol. The summed E-state index contributed by atoms with van der Waals surface area (Å²) in [6.45, 7) is 7.48. The molecule has 0 spiro atoms. The van der Waals surface area contributed by atoms with Crippen LogP contribution in [0.5, 0.6) is 0 Å². The molecule has 0 radical (unpaired) electrons. The van der Waals surface area contributed by atoms with Gasteiger partial charge in [-0.05, 0) is 37.8 Å². The highest BCUT2D eigenvalue weighted by molar-refractivity contribution is 5.79. The van der Waals surface area contributed by atoms with E-state index in [1.807, 2.05) is 23.2 Å². The van der Waals surface area contributed by atoms with E-state index in [0.29, 0.717) is 17.6 Å². The zero-order valence-electron chi connectivity index (χ0n) is 17.5. The fourth-order valence-corrected chi connectivity index (χ4v) is 4.06. The number of anilines is 1. The number of amides is 1. The van der Waals surface area contributed by atoms with Crippen LogP contribution >= 0.6 is 0 Å². The summed E-state index contributed by atoms with van der Waals surface area (Å²) in [5.74, 6) is 3.26. The van der Waals surface area contributed by atoms with Crippen molar-refractivity contribution >= 4 is 11.7 Å². The van der Waals surface area contributed by atoms with Crippen LogP contribution in [0.1, 0.15) is 64.2 Å². The van der Waals surface area contributed by atoms with Gasteiger partial charge in [0, 0.05) is 49.8 Å². The lowest BCUT2D eigenvalue weighted by Crippen LogP contribution is -2.50. The Morgan fingerprint density at radius 3 is 2.45 bits per heavy atom. The van der Waals surface area contributed by atoms with Crippen molar-refractivity contribution < 1.29 is 9.32 Å². The van der Waals surface area contributed by atoms with Gasteiger partial charge in [0.2, 0.25) is 17.6 Å². The predicted molar refractivity (Wildman–Crippen MR) is 112 cm³/mol. The maximum absolute atomic E-state index is 12.8. The number of nitrogens with zero attached hydrogens (tertiary/aromatic N) is 5. The van der Waals surface area contributed by atoms with E-state index in [9.17, 15) is 4.79 Å². The van der Waals surface area contributed by atoms with Gasteiger partial charge >= 0.3 is 0 Å². The molecule has 2 aromatic rings. The van der Waals surface area contributed by atoms with Gasteiger partial charge in [0.15, 0.2) is 0 Å². The first kappa shape index (κ1) is 19.9. The monoisotopic (exact) mass is 397 g/mol. The van der Waals surface area contributed by atoms with Crippen molar-refractivity contribution in [1.29, 1.82) is 0 Å².